The Bertz CT molecular complexity index is 472. The number of carboxylic acid groups (broad SMARTS) is 1. The molecule has 0 aliphatic rings. The molecule has 0 bridgehead atoms. The molecule has 0 saturated carbocycles. The number of nitrogens with zero attached hydrogens (tertiary/aromatic N) is 1. The first-order valence-corrected chi connectivity index (χ1v) is 5.30. The summed E-state index contributed by atoms with van der Waals surface area (Å²) in [7, 11) is 4.48. The third-order valence-electron chi connectivity index (χ3n) is 2.19. The summed E-state index contributed by atoms with van der Waals surface area (Å²) in [6.45, 7) is -0.508. The molecule has 1 N–H and O–H groups in total. The molecule has 0 unspecified atom stereocenters. The second kappa shape index (κ2) is 7.10. The molecule has 7 heteroatoms. The Morgan fingerprint density at radius 1 is 1.21 bits per heavy atom. The molecule has 0 aliphatic carbocycles. The van der Waals surface area contributed by atoms with Crippen LogP contribution in [-0.2, 0) is 9.63 Å². The maximum Gasteiger partial charge on any atom is 0.344 e. The van der Waals surface area contributed by atoms with Crippen LogP contribution in [0.25, 0.3) is 0 Å². The summed E-state index contributed by atoms with van der Waals surface area (Å²) in [5, 5.41) is 11.9. The van der Waals surface area contributed by atoms with Gasteiger partial charge >= 0.3 is 5.97 Å². The molecule has 0 atom stereocenters. The molecule has 0 amide bonds. The Labute approximate surface area is 110 Å². The van der Waals surface area contributed by atoms with Gasteiger partial charge in [-0.3, -0.25) is 0 Å². The minimum atomic E-state index is -1.10. The maximum absolute atomic E-state index is 10.3. The molecule has 1 aromatic rings. The van der Waals surface area contributed by atoms with Crippen molar-refractivity contribution in [1.82, 2.24) is 0 Å². The first-order chi connectivity index (χ1) is 9.13. The standard InChI is InChI=1S/C12H15NO6/c1-16-9-5-4-8(6-13-19-7-10(14)15)11(17-2)12(9)18-3/h4-6H,7H2,1-3H3,(H,14,15). The Balaban J connectivity index is 2.98. The molecule has 104 valence electrons. The van der Waals surface area contributed by atoms with Gasteiger partial charge in [0.05, 0.1) is 27.5 Å². The molecule has 0 saturated heterocycles. The SMILES string of the molecule is COc1ccc(C=NOCC(=O)O)c(OC)c1OC. The lowest BCUT2D eigenvalue weighted by atomic mass is 10.2. The predicted molar refractivity (Wildman–Crippen MR) is 67.3 cm³/mol. The van der Waals surface area contributed by atoms with E-state index in [2.05, 4.69) is 9.99 Å². The summed E-state index contributed by atoms with van der Waals surface area (Å²) in [5.41, 5.74) is 0.575. The molecule has 0 aromatic heterocycles. The Kier molecular flexibility index (Phi) is 5.46. The highest BCUT2D eigenvalue weighted by Crippen LogP contribution is 2.38. The van der Waals surface area contributed by atoms with Gasteiger partial charge in [0.1, 0.15) is 0 Å². The Morgan fingerprint density at radius 3 is 2.42 bits per heavy atom. The van der Waals surface area contributed by atoms with Crippen molar-refractivity contribution in [3.63, 3.8) is 0 Å². The first-order valence-electron chi connectivity index (χ1n) is 5.30. The summed E-state index contributed by atoms with van der Waals surface area (Å²) < 4.78 is 15.5. The third kappa shape index (κ3) is 3.77. The van der Waals surface area contributed by atoms with Gasteiger partial charge in [0.25, 0.3) is 0 Å². The molecule has 0 radical (unpaired) electrons. The number of hydrogen-bond donors (Lipinski definition) is 1. The maximum atomic E-state index is 10.3. The summed E-state index contributed by atoms with van der Waals surface area (Å²) >= 11 is 0. The number of carboxylic acids is 1. The smallest absolute Gasteiger partial charge is 0.344 e. The van der Waals surface area contributed by atoms with Crippen LogP contribution in [0.4, 0.5) is 0 Å². The molecule has 7 nitrogen and oxygen atoms in total. The van der Waals surface area contributed by atoms with Crippen molar-refractivity contribution in [2.24, 2.45) is 5.16 Å². The van der Waals surface area contributed by atoms with E-state index in [-0.39, 0.29) is 0 Å². The van der Waals surface area contributed by atoms with Crippen LogP contribution in [0.5, 0.6) is 17.2 Å². The molecule has 19 heavy (non-hydrogen) atoms. The second-order valence-electron chi connectivity index (χ2n) is 3.33. The summed E-state index contributed by atoms with van der Waals surface area (Å²) in [6.07, 6.45) is 1.34. The number of benzene rings is 1. The van der Waals surface area contributed by atoms with E-state index >= 15 is 0 Å². The van der Waals surface area contributed by atoms with Crippen LogP contribution in [0.3, 0.4) is 0 Å². The third-order valence-corrected chi connectivity index (χ3v) is 2.19. The van der Waals surface area contributed by atoms with E-state index in [1.807, 2.05) is 0 Å². The summed E-state index contributed by atoms with van der Waals surface area (Å²) in [4.78, 5) is 14.8. The fourth-order valence-electron chi connectivity index (χ4n) is 1.41. The van der Waals surface area contributed by atoms with E-state index in [9.17, 15) is 4.79 Å². The first kappa shape index (κ1) is 14.6. The number of oxime groups is 1. The van der Waals surface area contributed by atoms with Crippen molar-refractivity contribution in [2.45, 2.75) is 0 Å². The van der Waals surface area contributed by atoms with Gasteiger partial charge in [-0.25, -0.2) is 4.79 Å². The predicted octanol–water partition coefficient (Wildman–Crippen LogP) is 1.15. The van der Waals surface area contributed by atoms with E-state index in [0.717, 1.165) is 0 Å². The minimum Gasteiger partial charge on any atom is -0.493 e. The van der Waals surface area contributed by atoms with Gasteiger partial charge in [0, 0.05) is 5.56 Å². The minimum absolute atomic E-state index is 0.421. The van der Waals surface area contributed by atoms with Gasteiger partial charge in [0.15, 0.2) is 11.5 Å². The molecule has 1 aromatic carbocycles. The fraction of sp³-hybridized carbons (Fsp3) is 0.333. The summed E-state index contributed by atoms with van der Waals surface area (Å²) in [5.74, 6) is 0.260. The lowest BCUT2D eigenvalue weighted by Gasteiger charge is -2.13. The van der Waals surface area contributed by atoms with Crippen LogP contribution in [0.1, 0.15) is 5.56 Å². The van der Waals surface area contributed by atoms with Gasteiger partial charge < -0.3 is 24.2 Å². The lowest BCUT2D eigenvalue weighted by molar-refractivity contribution is -0.142. The van der Waals surface area contributed by atoms with E-state index < -0.39 is 12.6 Å². The van der Waals surface area contributed by atoms with Gasteiger partial charge in [-0.1, -0.05) is 5.16 Å². The zero-order valence-corrected chi connectivity index (χ0v) is 10.9. The van der Waals surface area contributed by atoms with E-state index in [0.29, 0.717) is 22.8 Å². The Hall–Kier alpha value is -2.44. The van der Waals surface area contributed by atoms with Crippen molar-refractivity contribution in [2.75, 3.05) is 27.9 Å². The summed E-state index contributed by atoms with van der Waals surface area (Å²) in [6, 6.07) is 3.37. The van der Waals surface area contributed by atoms with E-state index in [1.54, 1.807) is 12.1 Å². The number of rotatable bonds is 7. The number of carbonyl (C=O) groups is 1. The molecule has 0 aliphatic heterocycles. The highest BCUT2D eigenvalue weighted by molar-refractivity contribution is 5.85. The van der Waals surface area contributed by atoms with Crippen LogP contribution in [0, 0.1) is 0 Å². The number of methoxy groups -OCH3 is 3. The van der Waals surface area contributed by atoms with Gasteiger partial charge in [0.2, 0.25) is 12.4 Å². The van der Waals surface area contributed by atoms with Crippen LogP contribution in [0.2, 0.25) is 0 Å². The monoisotopic (exact) mass is 269 g/mol. The van der Waals surface area contributed by atoms with E-state index in [4.69, 9.17) is 19.3 Å². The largest absolute Gasteiger partial charge is 0.493 e. The lowest BCUT2D eigenvalue weighted by Crippen LogP contribution is -2.03. The van der Waals surface area contributed by atoms with Crippen molar-refractivity contribution < 1.29 is 28.9 Å². The van der Waals surface area contributed by atoms with E-state index in [1.165, 1.54) is 27.5 Å². The molecule has 0 spiro atoms. The van der Waals surface area contributed by atoms with Gasteiger partial charge in [-0.2, -0.15) is 0 Å². The zero-order valence-electron chi connectivity index (χ0n) is 10.9. The highest BCUT2D eigenvalue weighted by Gasteiger charge is 2.14. The van der Waals surface area contributed by atoms with Crippen LogP contribution in [-0.4, -0.2) is 45.2 Å². The number of aliphatic carboxylic acids is 1. The molecule has 0 fully saturated rings. The van der Waals surface area contributed by atoms with Crippen molar-refractivity contribution >= 4 is 12.2 Å². The molecule has 0 heterocycles. The molecule has 1 rings (SSSR count). The molecular weight excluding hydrogens is 254 g/mol. The van der Waals surface area contributed by atoms with Crippen LogP contribution < -0.4 is 14.2 Å². The fourth-order valence-corrected chi connectivity index (χ4v) is 1.41. The topological polar surface area (TPSA) is 86.6 Å². The van der Waals surface area contributed by atoms with Crippen molar-refractivity contribution in [3.05, 3.63) is 17.7 Å². The zero-order chi connectivity index (χ0) is 14.3. The average Bonchev–Trinajstić information content (AvgIpc) is 2.42. The quantitative estimate of drug-likeness (QED) is 0.590. The number of ether oxygens (including phenoxy) is 3. The average molecular weight is 269 g/mol. The van der Waals surface area contributed by atoms with Crippen LogP contribution in [0.15, 0.2) is 17.3 Å². The highest BCUT2D eigenvalue weighted by atomic mass is 16.6. The number of hydrogen-bond acceptors (Lipinski definition) is 6. The van der Waals surface area contributed by atoms with Gasteiger partial charge in [-0.05, 0) is 12.1 Å². The normalized spacial score (nSPS) is 10.3. The second-order valence-corrected chi connectivity index (χ2v) is 3.33. The van der Waals surface area contributed by atoms with Crippen LogP contribution >= 0.6 is 0 Å². The Morgan fingerprint density at radius 2 is 1.89 bits per heavy atom. The van der Waals surface area contributed by atoms with Gasteiger partial charge in [-0.15, -0.1) is 0 Å². The molecular formula is C12H15NO6. The van der Waals surface area contributed by atoms with Crippen molar-refractivity contribution in [3.8, 4) is 17.2 Å². The van der Waals surface area contributed by atoms with Crippen molar-refractivity contribution in [1.29, 1.82) is 0 Å².